The lowest BCUT2D eigenvalue weighted by Gasteiger charge is -2.22. The molecule has 1 amide bonds. The number of H-pyrrole nitrogens is 1. The van der Waals surface area contributed by atoms with E-state index in [1.165, 1.54) is 0 Å². The molecule has 1 atom stereocenters. The molecule has 2 N–H and O–H groups in total. The van der Waals surface area contributed by atoms with E-state index in [0.717, 1.165) is 12.1 Å². The quantitative estimate of drug-likeness (QED) is 0.846. The summed E-state index contributed by atoms with van der Waals surface area (Å²) in [5.74, 6) is -0.189. The van der Waals surface area contributed by atoms with Gasteiger partial charge in [-0.1, -0.05) is 18.2 Å². The van der Waals surface area contributed by atoms with Gasteiger partial charge >= 0.3 is 0 Å². The molecule has 116 valence electrons. The molecule has 0 radical (unpaired) electrons. The zero-order valence-electron chi connectivity index (χ0n) is 12.0. The molecule has 1 aliphatic rings. The number of hydrogen-bond donors (Lipinski definition) is 2. The van der Waals surface area contributed by atoms with Gasteiger partial charge in [-0.2, -0.15) is 0 Å². The van der Waals surface area contributed by atoms with Crippen LogP contribution in [-0.2, 0) is 9.47 Å². The number of carbonyl (C=O) groups is 1. The Balaban J connectivity index is 1.74. The van der Waals surface area contributed by atoms with Crippen LogP contribution in [0.4, 0.5) is 0 Å². The van der Waals surface area contributed by atoms with Crippen molar-refractivity contribution in [2.45, 2.75) is 12.5 Å². The van der Waals surface area contributed by atoms with Gasteiger partial charge in [-0.15, -0.1) is 0 Å². The number of carbonyl (C=O) groups excluding carboxylic acids is 1. The third-order valence-electron chi connectivity index (χ3n) is 3.48. The summed E-state index contributed by atoms with van der Waals surface area (Å²) in [5.41, 5.74) is 1.32. The van der Waals surface area contributed by atoms with Crippen LogP contribution in [0.1, 0.15) is 16.9 Å². The van der Waals surface area contributed by atoms with Gasteiger partial charge in [0.05, 0.1) is 12.7 Å². The number of hydrogen-bond acceptors (Lipinski definition) is 4. The summed E-state index contributed by atoms with van der Waals surface area (Å²) in [7, 11) is 0. The van der Waals surface area contributed by atoms with Crippen molar-refractivity contribution in [3.63, 3.8) is 0 Å². The first-order valence-electron chi connectivity index (χ1n) is 7.09. The van der Waals surface area contributed by atoms with Gasteiger partial charge < -0.3 is 19.8 Å². The Morgan fingerprint density at radius 1 is 1.41 bits per heavy atom. The number of nitrogens with one attached hydrogen (secondary N) is 2. The number of aromatic nitrogens is 2. The van der Waals surface area contributed by atoms with E-state index in [-0.39, 0.29) is 18.8 Å². The summed E-state index contributed by atoms with van der Waals surface area (Å²) >= 11 is 5.27. The van der Waals surface area contributed by atoms with Crippen LogP contribution in [0.2, 0.25) is 0 Å². The molecule has 1 unspecified atom stereocenters. The molecule has 1 fully saturated rings. The number of rotatable bonds is 4. The second-order valence-corrected chi connectivity index (χ2v) is 5.35. The van der Waals surface area contributed by atoms with Crippen LogP contribution in [0.25, 0.3) is 5.69 Å². The van der Waals surface area contributed by atoms with Gasteiger partial charge in [-0.05, 0) is 30.8 Å². The van der Waals surface area contributed by atoms with Crippen molar-refractivity contribution in [3.8, 4) is 5.69 Å². The van der Waals surface area contributed by atoms with E-state index in [1.54, 1.807) is 10.8 Å². The first-order chi connectivity index (χ1) is 10.8. The van der Waals surface area contributed by atoms with Crippen molar-refractivity contribution in [1.82, 2.24) is 14.9 Å². The maximum Gasteiger partial charge on any atom is 0.269 e. The van der Waals surface area contributed by atoms with E-state index in [4.69, 9.17) is 21.7 Å². The maximum absolute atomic E-state index is 12.4. The average molecular weight is 319 g/mol. The lowest BCUT2D eigenvalue weighted by atomic mass is 10.2. The fraction of sp³-hybridized carbons (Fsp3) is 0.333. The molecule has 0 spiro atoms. The van der Waals surface area contributed by atoms with E-state index in [0.29, 0.717) is 23.6 Å². The predicted molar refractivity (Wildman–Crippen MR) is 83.6 cm³/mol. The van der Waals surface area contributed by atoms with Crippen LogP contribution < -0.4 is 5.32 Å². The van der Waals surface area contributed by atoms with Crippen LogP contribution >= 0.6 is 12.2 Å². The molecular weight excluding hydrogens is 302 g/mol. The number of imidazole rings is 1. The Morgan fingerprint density at radius 3 is 2.95 bits per heavy atom. The number of benzene rings is 1. The Hall–Kier alpha value is -1.96. The molecule has 7 heteroatoms. The SMILES string of the molecule is O=C(NCC1CCOCO1)c1c[nH]c(=S)n1-c1ccccc1. The van der Waals surface area contributed by atoms with E-state index in [9.17, 15) is 4.79 Å². The second-order valence-electron chi connectivity index (χ2n) is 4.96. The number of ether oxygens (including phenoxy) is 2. The van der Waals surface area contributed by atoms with Crippen molar-refractivity contribution in [2.24, 2.45) is 0 Å². The molecule has 1 aromatic carbocycles. The molecule has 1 aliphatic heterocycles. The van der Waals surface area contributed by atoms with E-state index in [1.807, 2.05) is 30.3 Å². The molecule has 6 nitrogen and oxygen atoms in total. The Morgan fingerprint density at radius 2 is 2.23 bits per heavy atom. The van der Waals surface area contributed by atoms with Gasteiger partial charge in [-0.3, -0.25) is 9.36 Å². The van der Waals surface area contributed by atoms with Crippen LogP contribution in [-0.4, -0.2) is 41.5 Å². The van der Waals surface area contributed by atoms with E-state index in [2.05, 4.69) is 10.3 Å². The largest absolute Gasteiger partial charge is 0.355 e. The van der Waals surface area contributed by atoms with Crippen molar-refractivity contribution in [1.29, 1.82) is 0 Å². The van der Waals surface area contributed by atoms with Gasteiger partial charge in [0.1, 0.15) is 12.5 Å². The molecule has 22 heavy (non-hydrogen) atoms. The normalized spacial score (nSPS) is 18.1. The highest BCUT2D eigenvalue weighted by Crippen LogP contribution is 2.12. The first kappa shape index (κ1) is 15.0. The summed E-state index contributed by atoms with van der Waals surface area (Å²) < 4.78 is 12.7. The molecule has 2 aromatic rings. The minimum atomic E-state index is -0.189. The zero-order valence-corrected chi connectivity index (χ0v) is 12.8. The molecule has 0 saturated carbocycles. The summed E-state index contributed by atoms with van der Waals surface area (Å²) in [5, 5.41) is 2.89. The van der Waals surface area contributed by atoms with Crippen LogP contribution in [0.5, 0.6) is 0 Å². The summed E-state index contributed by atoms with van der Waals surface area (Å²) in [6.07, 6.45) is 2.39. The highest BCUT2D eigenvalue weighted by Gasteiger charge is 2.18. The van der Waals surface area contributed by atoms with Gasteiger partial charge in [-0.25, -0.2) is 0 Å². The minimum Gasteiger partial charge on any atom is -0.355 e. The maximum atomic E-state index is 12.4. The highest BCUT2D eigenvalue weighted by atomic mass is 32.1. The van der Waals surface area contributed by atoms with E-state index < -0.39 is 0 Å². The molecule has 1 aromatic heterocycles. The number of aromatic amines is 1. The van der Waals surface area contributed by atoms with Crippen molar-refractivity contribution < 1.29 is 14.3 Å². The van der Waals surface area contributed by atoms with Gasteiger partial charge in [0.2, 0.25) is 0 Å². The number of amides is 1. The third kappa shape index (κ3) is 3.27. The summed E-state index contributed by atoms with van der Waals surface area (Å²) in [6.45, 7) is 1.39. The van der Waals surface area contributed by atoms with Crippen LogP contribution in [0, 0.1) is 4.77 Å². The smallest absolute Gasteiger partial charge is 0.269 e. The molecule has 3 rings (SSSR count). The predicted octanol–water partition coefficient (Wildman–Crippen LogP) is 2.03. The van der Waals surface area contributed by atoms with Gasteiger partial charge in [0.25, 0.3) is 5.91 Å². The third-order valence-corrected chi connectivity index (χ3v) is 3.79. The van der Waals surface area contributed by atoms with Gasteiger partial charge in [0, 0.05) is 18.4 Å². The van der Waals surface area contributed by atoms with Crippen LogP contribution in [0.15, 0.2) is 36.5 Å². The molecule has 0 aliphatic carbocycles. The lowest BCUT2D eigenvalue weighted by Crippen LogP contribution is -2.37. The minimum absolute atomic E-state index is 0.00945. The average Bonchev–Trinajstić information content (AvgIpc) is 2.96. The summed E-state index contributed by atoms with van der Waals surface area (Å²) in [6, 6.07) is 9.54. The standard InChI is InChI=1S/C15H17N3O3S/c19-14(16-8-12-6-7-20-10-21-12)13-9-17-15(22)18(13)11-4-2-1-3-5-11/h1-5,9,12H,6-8,10H2,(H,16,19)(H,17,22). The first-order valence-corrected chi connectivity index (χ1v) is 7.50. The Kier molecular flexibility index (Phi) is 4.67. The van der Waals surface area contributed by atoms with Crippen molar-refractivity contribution >= 4 is 18.1 Å². The van der Waals surface area contributed by atoms with Gasteiger partial charge in [0.15, 0.2) is 4.77 Å². The summed E-state index contributed by atoms with van der Waals surface area (Å²) in [4.78, 5) is 15.3. The molecule has 1 saturated heterocycles. The lowest BCUT2D eigenvalue weighted by molar-refractivity contribution is -0.136. The van der Waals surface area contributed by atoms with Crippen LogP contribution in [0.3, 0.4) is 0 Å². The number of nitrogens with zero attached hydrogens (tertiary/aromatic N) is 1. The van der Waals surface area contributed by atoms with Crippen molar-refractivity contribution in [3.05, 3.63) is 47.0 Å². The Labute approximate surface area is 133 Å². The van der Waals surface area contributed by atoms with E-state index >= 15 is 0 Å². The zero-order chi connectivity index (χ0) is 15.4. The molecule has 2 heterocycles. The Bertz CT molecular complexity index is 690. The topological polar surface area (TPSA) is 68.3 Å². The molecule has 0 bridgehead atoms. The highest BCUT2D eigenvalue weighted by molar-refractivity contribution is 7.71. The molecular formula is C15H17N3O3S. The second kappa shape index (κ2) is 6.87. The fourth-order valence-electron chi connectivity index (χ4n) is 2.33. The fourth-order valence-corrected chi connectivity index (χ4v) is 2.59. The number of para-hydroxylation sites is 1. The monoisotopic (exact) mass is 319 g/mol. The van der Waals surface area contributed by atoms with Crippen molar-refractivity contribution in [2.75, 3.05) is 19.9 Å².